The Hall–Kier alpha value is -0.770. The predicted octanol–water partition coefficient (Wildman–Crippen LogP) is 4.05. The summed E-state index contributed by atoms with van der Waals surface area (Å²) in [6, 6.07) is 0.660. The number of amides is 1. The maximum atomic E-state index is 12.0. The smallest absolute Gasteiger partial charge is 0.410 e. The first-order valence-electron chi connectivity index (χ1n) is 8.88. The number of ether oxygens (including phenoxy) is 1. The van der Waals surface area contributed by atoms with Gasteiger partial charge in [-0.1, -0.05) is 33.1 Å². The molecule has 0 heterocycles. The van der Waals surface area contributed by atoms with E-state index in [2.05, 4.69) is 19.2 Å². The standard InChI is InChI=1S/C18H36N2O2/c1-7-15-9-8-10-16(11-15)19-12-14(2)13-20(6)17(21)22-18(3,4)5/h14-16,19H,7-13H2,1-6H3. The first-order chi connectivity index (χ1) is 10.2. The van der Waals surface area contributed by atoms with Crippen LogP contribution in [0.25, 0.3) is 0 Å². The van der Waals surface area contributed by atoms with Gasteiger partial charge in [-0.3, -0.25) is 0 Å². The van der Waals surface area contributed by atoms with Gasteiger partial charge in [-0.15, -0.1) is 0 Å². The molecule has 0 aromatic carbocycles. The van der Waals surface area contributed by atoms with Gasteiger partial charge in [-0.2, -0.15) is 0 Å². The van der Waals surface area contributed by atoms with Crippen LogP contribution in [0.4, 0.5) is 4.79 Å². The van der Waals surface area contributed by atoms with Crippen LogP contribution < -0.4 is 5.32 Å². The molecule has 0 spiro atoms. The van der Waals surface area contributed by atoms with Crippen LogP contribution in [0, 0.1) is 11.8 Å². The lowest BCUT2D eigenvalue weighted by molar-refractivity contribution is 0.0276. The molecule has 1 rings (SSSR count). The number of carbonyl (C=O) groups is 1. The highest BCUT2D eigenvalue weighted by Crippen LogP contribution is 2.26. The van der Waals surface area contributed by atoms with Gasteiger partial charge in [0.25, 0.3) is 0 Å². The van der Waals surface area contributed by atoms with Gasteiger partial charge in [-0.25, -0.2) is 4.79 Å². The third-order valence-electron chi connectivity index (χ3n) is 4.41. The highest BCUT2D eigenvalue weighted by molar-refractivity contribution is 5.67. The summed E-state index contributed by atoms with van der Waals surface area (Å²) in [5, 5.41) is 3.70. The lowest BCUT2D eigenvalue weighted by Crippen LogP contribution is -2.41. The van der Waals surface area contributed by atoms with Crippen molar-refractivity contribution in [3.8, 4) is 0 Å². The second kappa shape index (κ2) is 8.76. The van der Waals surface area contributed by atoms with E-state index < -0.39 is 5.60 Å². The summed E-state index contributed by atoms with van der Waals surface area (Å²) in [6.07, 6.45) is 6.42. The van der Waals surface area contributed by atoms with Crippen molar-refractivity contribution in [1.29, 1.82) is 0 Å². The third-order valence-corrected chi connectivity index (χ3v) is 4.41. The number of hydrogen-bond acceptors (Lipinski definition) is 3. The van der Waals surface area contributed by atoms with Gasteiger partial charge >= 0.3 is 6.09 Å². The molecule has 1 N–H and O–H groups in total. The fourth-order valence-electron chi connectivity index (χ4n) is 3.16. The van der Waals surface area contributed by atoms with Crippen molar-refractivity contribution in [3.05, 3.63) is 0 Å². The number of carbonyl (C=O) groups excluding carboxylic acids is 1. The zero-order chi connectivity index (χ0) is 16.8. The maximum absolute atomic E-state index is 12.0. The predicted molar refractivity (Wildman–Crippen MR) is 92.1 cm³/mol. The Morgan fingerprint density at radius 1 is 1.36 bits per heavy atom. The SMILES string of the molecule is CCC1CCCC(NCC(C)CN(C)C(=O)OC(C)(C)C)C1. The van der Waals surface area contributed by atoms with Crippen molar-refractivity contribution in [3.63, 3.8) is 0 Å². The molecule has 3 unspecified atom stereocenters. The summed E-state index contributed by atoms with van der Waals surface area (Å²) in [5.74, 6) is 1.32. The van der Waals surface area contributed by atoms with Crippen LogP contribution in [0.5, 0.6) is 0 Å². The fraction of sp³-hybridized carbons (Fsp3) is 0.944. The minimum absolute atomic E-state index is 0.233. The first-order valence-corrected chi connectivity index (χ1v) is 8.88. The Balaban J connectivity index is 2.27. The molecule has 0 aromatic heterocycles. The Labute approximate surface area is 137 Å². The number of nitrogens with one attached hydrogen (secondary N) is 1. The summed E-state index contributed by atoms with van der Waals surface area (Å²) in [6.45, 7) is 11.9. The third kappa shape index (κ3) is 7.48. The van der Waals surface area contributed by atoms with E-state index in [-0.39, 0.29) is 6.09 Å². The van der Waals surface area contributed by atoms with Crippen molar-refractivity contribution < 1.29 is 9.53 Å². The molecule has 1 saturated carbocycles. The summed E-state index contributed by atoms with van der Waals surface area (Å²) in [5.41, 5.74) is -0.426. The normalized spacial score (nSPS) is 23.9. The zero-order valence-corrected chi connectivity index (χ0v) is 15.4. The van der Waals surface area contributed by atoms with Crippen LogP contribution >= 0.6 is 0 Å². The maximum Gasteiger partial charge on any atom is 0.410 e. The molecule has 0 saturated heterocycles. The molecule has 0 aromatic rings. The van der Waals surface area contributed by atoms with Gasteiger partial charge in [-0.05, 0) is 52.0 Å². The molecule has 130 valence electrons. The average Bonchev–Trinajstić information content (AvgIpc) is 2.43. The quantitative estimate of drug-likeness (QED) is 0.804. The summed E-state index contributed by atoms with van der Waals surface area (Å²) >= 11 is 0. The topological polar surface area (TPSA) is 41.6 Å². The van der Waals surface area contributed by atoms with E-state index in [0.717, 1.165) is 19.0 Å². The minimum atomic E-state index is -0.426. The van der Waals surface area contributed by atoms with Crippen molar-refractivity contribution in [2.75, 3.05) is 20.1 Å². The van der Waals surface area contributed by atoms with Crippen molar-refractivity contribution in [2.45, 2.75) is 78.4 Å². The van der Waals surface area contributed by atoms with E-state index in [4.69, 9.17) is 4.74 Å². The van der Waals surface area contributed by atoms with Crippen LogP contribution in [0.1, 0.15) is 66.7 Å². The van der Waals surface area contributed by atoms with Gasteiger partial charge in [0, 0.05) is 19.6 Å². The second-order valence-corrected chi connectivity index (χ2v) is 8.01. The largest absolute Gasteiger partial charge is 0.444 e. The van der Waals surface area contributed by atoms with Gasteiger partial charge in [0.1, 0.15) is 5.60 Å². The van der Waals surface area contributed by atoms with Crippen molar-refractivity contribution in [2.24, 2.45) is 11.8 Å². The van der Waals surface area contributed by atoms with Crippen LogP contribution in [0.15, 0.2) is 0 Å². The average molecular weight is 312 g/mol. The highest BCUT2D eigenvalue weighted by atomic mass is 16.6. The van der Waals surface area contributed by atoms with E-state index in [1.807, 2.05) is 27.8 Å². The number of rotatable bonds is 6. The molecule has 1 fully saturated rings. The molecule has 1 amide bonds. The first kappa shape index (κ1) is 19.3. The van der Waals surface area contributed by atoms with E-state index >= 15 is 0 Å². The van der Waals surface area contributed by atoms with Crippen molar-refractivity contribution >= 4 is 6.09 Å². The molecule has 0 aliphatic heterocycles. The van der Waals surface area contributed by atoms with Gasteiger partial charge < -0.3 is 15.0 Å². The molecule has 4 heteroatoms. The van der Waals surface area contributed by atoms with E-state index in [0.29, 0.717) is 12.0 Å². The summed E-state index contributed by atoms with van der Waals surface area (Å²) in [4.78, 5) is 13.7. The second-order valence-electron chi connectivity index (χ2n) is 8.01. The van der Waals surface area contributed by atoms with Crippen LogP contribution in [-0.4, -0.2) is 42.8 Å². The monoisotopic (exact) mass is 312 g/mol. The lowest BCUT2D eigenvalue weighted by atomic mass is 9.84. The zero-order valence-electron chi connectivity index (χ0n) is 15.4. The van der Waals surface area contributed by atoms with Gasteiger partial charge in [0.2, 0.25) is 0 Å². The Kier molecular flexibility index (Phi) is 7.67. The van der Waals surface area contributed by atoms with Gasteiger partial charge in [0.15, 0.2) is 0 Å². The fourth-order valence-corrected chi connectivity index (χ4v) is 3.16. The summed E-state index contributed by atoms with van der Waals surface area (Å²) in [7, 11) is 1.82. The molecule has 0 bridgehead atoms. The van der Waals surface area contributed by atoms with Crippen LogP contribution in [0.3, 0.4) is 0 Å². The molecule has 22 heavy (non-hydrogen) atoms. The Morgan fingerprint density at radius 2 is 2.05 bits per heavy atom. The van der Waals surface area contributed by atoms with E-state index in [1.165, 1.54) is 32.1 Å². The van der Waals surface area contributed by atoms with Crippen LogP contribution in [0.2, 0.25) is 0 Å². The highest BCUT2D eigenvalue weighted by Gasteiger charge is 2.23. The molecular formula is C18H36N2O2. The van der Waals surface area contributed by atoms with E-state index in [1.54, 1.807) is 4.90 Å². The summed E-state index contributed by atoms with van der Waals surface area (Å²) < 4.78 is 5.39. The lowest BCUT2D eigenvalue weighted by Gasteiger charge is -2.31. The molecular weight excluding hydrogens is 276 g/mol. The molecule has 1 aliphatic rings. The van der Waals surface area contributed by atoms with E-state index in [9.17, 15) is 4.79 Å². The molecule has 1 aliphatic carbocycles. The molecule has 4 nitrogen and oxygen atoms in total. The Bertz CT molecular complexity index is 338. The van der Waals surface area contributed by atoms with Crippen LogP contribution in [-0.2, 0) is 4.74 Å². The Morgan fingerprint density at radius 3 is 2.64 bits per heavy atom. The minimum Gasteiger partial charge on any atom is -0.444 e. The van der Waals surface area contributed by atoms with Crippen molar-refractivity contribution in [1.82, 2.24) is 10.2 Å². The number of hydrogen-bond donors (Lipinski definition) is 1. The molecule has 0 radical (unpaired) electrons. The molecule has 3 atom stereocenters. The number of nitrogens with zero attached hydrogens (tertiary/aromatic N) is 1. The van der Waals surface area contributed by atoms with Gasteiger partial charge in [0.05, 0.1) is 0 Å².